The zero-order chi connectivity index (χ0) is 13.2. The normalized spacial score (nSPS) is 26.9. The Kier molecular flexibility index (Phi) is 3.92. The van der Waals surface area contributed by atoms with E-state index in [1.807, 2.05) is 12.1 Å². The zero-order valence-electron chi connectivity index (χ0n) is 11.1. The van der Waals surface area contributed by atoms with Crippen molar-refractivity contribution in [1.29, 1.82) is 0 Å². The fourth-order valence-corrected chi connectivity index (χ4v) is 4.14. The molecular weight excluding hydrogens is 302 g/mol. The number of fused-ring (bicyclic) bond motifs is 1. The summed E-state index contributed by atoms with van der Waals surface area (Å²) in [6.45, 7) is 1.10. The smallest absolute Gasteiger partial charge is 0.152 e. The lowest BCUT2D eigenvalue weighted by molar-refractivity contribution is 0.112. The molecule has 2 unspecified atom stereocenters. The summed E-state index contributed by atoms with van der Waals surface area (Å²) in [7, 11) is 0. The first kappa shape index (κ1) is 13.2. The molecule has 0 aromatic heterocycles. The van der Waals surface area contributed by atoms with Crippen LogP contribution in [0, 0.1) is 5.92 Å². The van der Waals surface area contributed by atoms with Crippen LogP contribution in [-0.2, 0) is 0 Å². The summed E-state index contributed by atoms with van der Waals surface area (Å²) < 4.78 is 1.06. The van der Waals surface area contributed by atoms with Crippen LogP contribution in [0.5, 0.6) is 0 Å². The van der Waals surface area contributed by atoms with Crippen LogP contribution < -0.4 is 4.90 Å². The predicted molar refractivity (Wildman–Crippen MR) is 81.9 cm³/mol. The molecule has 1 aromatic carbocycles. The summed E-state index contributed by atoms with van der Waals surface area (Å²) in [5.74, 6) is 0.834. The van der Waals surface area contributed by atoms with E-state index < -0.39 is 0 Å². The van der Waals surface area contributed by atoms with Gasteiger partial charge in [-0.3, -0.25) is 4.79 Å². The summed E-state index contributed by atoms with van der Waals surface area (Å²) in [6.07, 6.45) is 8.99. The summed E-state index contributed by atoms with van der Waals surface area (Å²) in [6, 6.07) is 6.64. The van der Waals surface area contributed by atoms with Crippen molar-refractivity contribution < 1.29 is 4.79 Å². The van der Waals surface area contributed by atoms with Gasteiger partial charge in [0.1, 0.15) is 0 Å². The minimum atomic E-state index is 0.649. The second-order valence-electron chi connectivity index (χ2n) is 5.77. The van der Waals surface area contributed by atoms with E-state index in [-0.39, 0.29) is 0 Å². The molecule has 2 nitrogen and oxygen atoms in total. The zero-order valence-corrected chi connectivity index (χ0v) is 12.7. The summed E-state index contributed by atoms with van der Waals surface area (Å²) in [5.41, 5.74) is 1.95. The van der Waals surface area contributed by atoms with E-state index in [4.69, 9.17) is 0 Å². The lowest BCUT2D eigenvalue weighted by Crippen LogP contribution is -2.47. The maximum atomic E-state index is 11.3. The molecule has 0 N–H and O–H groups in total. The molecule has 2 fully saturated rings. The van der Waals surface area contributed by atoms with E-state index >= 15 is 0 Å². The Balaban J connectivity index is 1.95. The van der Waals surface area contributed by atoms with Crippen molar-refractivity contribution >= 4 is 27.9 Å². The number of aldehydes is 1. The van der Waals surface area contributed by atoms with Crippen LogP contribution in [0.1, 0.15) is 48.9 Å². The molecule has 2 atom stereocenters. The molecule has 1 heterocycles. The quantitative estimate of drug-likeness (QED) is 0.751. The van der Waals surface area contributed by atoms with Crippen molar-refractivity contribution in [2.24, 2.45) is 5.92 Å². The molecule has 0 bridgehead atoms. The van der Waals surface area contributed by atoms with Crippen LogP contribution >= 0.6 is 15.9 Å². The average molecular weight is 322 g/mol. The van der Waals surface area contributed by atoms with Gasteiger partial charge >= 0.3 is 0 Å². The second kappa shape index (κ2) is 5.66. The van der Waals surface area contributed by atoms with Gasteiger partial charge in [0.05, 0.1) is 0 Å². The number of nitrogens with zero attached hydrogens (tertiary/aromatic N) is 1. The van der Waals surface area contributed by atoms with Gasteiger partial charge in [0.2, 0.25) is 0 Å². The first-order chi connectivity index (χ1) is 9.29. The number of piperidine rings is 1. The standard InChI is InChI=1S/C16H20BrNO/c17-14-8-7-13(11-19)16(10-14)18-9-3-5-12-4-1-2-6-15(12)18/h7-8,10-12,15H,1-6,9H2. The minimum Gasteiger partial charge on any atom is -0.368 e. The second-order valence-corrected chi connectivity index (χ2v) is 6.68. The van der Waals surface area contributed by atoms with E-state index in [2.05, 4.69) is 26.9 Å². The summed E-state index contributed by atoms with van der Waals surface area (Å²) in [5, 5.41) is 0. The number of carbonyl (C=O) groups is 1. The van der Waals surface area contributed by atoms with E-state index in [9.17, 15) is 4.79 Å². The van der Waals surface area contributed by atoms with Gasteiger partial charge in [-0.25, -0.2) is 0 Å². The van der Waals surface area contributed by atoms with E-state index in [0.717, 1.165) is 34.5 Å². The Morgan fingerprint density at radius 1 is 1.16 bits per heavy atom. The van der Waals surface area contributed by atoms with Crippen molar-refractivity contribution in [3.8, 4) is 0 Å². The molecular formula is C16H20BrNO. The molecule has 1 saturated carbocycles. The molecule has 1 aliphatic heterocycles. The number of benzene rings is 1. The van der Waals surface area contributed by atoms with Crippen molar-refractivity contribution in [1.82, 2.24) is 0 Å². The molecule has 2 aliphatic rings. The summed E-state index contributed by atoms with van der Waals surface area (Å²) >= 11 is 3.54. The van der Waals surface area contributed by atoms with Gasteiger partial charge in [0.25, 0.3) is 0 Å². The minimum absolute atomic E-state index is 0.649. The van der Waals surface area contributed by atoms with Gasteiger partial charge in [0.15, 0.2) is 6.29 Å². The van der Waals surface area contributed by atoms with Gasteiger partial charge in [-0.1, -0.05) is 28.8 Å². The molecule has 0 amide bonds. The maximum absolute atomic E-state index is 11.3. The third-order valence-electron chi connectivity index (χ3n) is 4.67. The Morgan fingerprint density at radius 3 is 2.79 bits per heavy atom. The lowest BCUT2D eigenvalue weighted by Gasteiger charge is -2.45. The van der Waals surface area contributed by atoms with Gasteiger partial charge in [-0.2, -0.15) is 0 Å². The van der Waals surface area contributed by atoms with Crippen LogP contribution in [0.25, 0.3) is 0 Å². The molecule has 0 radical (unpaired) electrons. The van der Waals surface area contributed by atoms with Crippen LogP contribution in [0.2, 0.25) is 0 Å². The maximum Gasteiger partial charge on any atom is 0.152 e. The number of anilines is 1. The Morgan fingerprint density at radius 2 is 1.95 bits per heavy atom. The molecule has 0 spiro atoms. The fraction of sp³-hybridized carbons (Fsp3) is 0.562. The average Bonchev–Trinajstić information content (AvgIpc) is 2.46. The van der Waals surface area contributed by atoms with E-state index in [1.54, 1.807) is 0 Å². The molecule has 3 rings (SSSR count). The molecule has 3 heteroatoms. The number of halogens is 1. The molecule has 1 aromatic rings. The molecule has 19 heavy (non-hydrogen) atoms. The van der Waals surface area contributed by atoms with Crippen molar-refractivity contribution in [2.45, 2.75) is 44.6 Å². The highest BCUT2D eigenvalue weighted by atomic mass is 79.9. The molecule has 1 saturated heterocycles. The Bertz CT molecular complexity index is 472. The Labute approximate surface area is 123 Å². The molecule has 1 aliphatic carbocycles. The third-order valence-corrected chi connectivity index (χ3v) is 5.17. The number of rotatable bonds is 2. The van der Waals surface area contributed by atoms with Crippen LogP contribution in [-0.4, -0.2) is 18.9 Å². The van der Waals surface area contributed by atoms with E-state index in [1.165, 1.54) is 38.5 Å². The van der Waals surface area contributed by atoms with Crippen LogP contribution in [0.4, 0.5) is 5.69 Å². The summed E-state index contributed by atoms with van der Waals surface area (Å²) in [4.78, 5) is 13.8. The molecule has 102 valence electrons. The number of hydrogen-bond acceptors (Lipinski definition) is 2. The van der Waals surface area contributed by atoms with Crippen molar-refractivity contribution in [3.05, 3.63) is 28.2 Å². The third kappa shape index (κ3) is 2.58. The Hall–Kier alpha value is -0.830. The predicted octanol–water partition coefficient (Wildman–Crippen LogP) is 4.42. The first-order valence-electron chi connectivity index (χ1n) is 7.31. The number of hydrogen-bond donors (Lipinski definition) is 0. The van der Waals surface area contributed by atoms with Gasteiger partial charge in [-0.15, -0.1) is 0 Å². The van der Waals surface area contributed by atoms with Crippen LogP contribution in [0.3, 0.4) is 0 Å². The van der Waals surface area contributed by atoms with Crippen molar-refractivity contribution in [3.63, 3.8) is 0 Å². The highest BCUT2D eigenvalue weighted by molar-refractivity contribution is 9.10. The highest BCUT2D eigenvalue weighted by Gasteiger charge is 2.34. The van der Waals surface area contributed by atoms with Gasteiger partial charge in [0, 0.05) is 28.3 Å². The SMILES string of the molecule is O=Cc1ccc(Br)cc1N1CCCC2CCCCC21. The highest BCUT2D eigenvalue weighted by Crippen LogP contribution is 2.39. The topological polar surface area (TPSA) is 20.3 Å². The largest absolute Gasteiger partial charge is 0.368 e. The van der Waals surface area contributed by atoms with Crippen molar-refractivity contribution in [2.75, 3.05) is 11.4 Å². The fourth-order valence-electron chi connectivity index (χ4n) is 3.79. The monoisotopic (exact) mass is 321 g/mol. The van der Waals surface area contributed by atoms with Gasteiger partial charge < -0.3 is 4.90 Å². The number of carbonyl (C=O) groups excluding carboxylic acids is 1. The first-order valence-corrected chi connectivity index (χ1v) is 8.10. The van der Waals surface area contributed by atoms with Gasteiger partial charge in [-0.05, 0) is 49.8 Å². The van der Waals surface area contributed by atoms with E-state index in [0.29, 0.717) is 6.04 Å². The lowest BCUT2D eigenvalue weighted by atomic mass is 9.78. The van der Waals surface area contributed by atoms with Crippen LogP contribution in [0.15, 0.2) is 22.7 Å².